The van der Waals surface area contributed by atoms with Crippen molar-refractivity contribution >= 4 is 5.65 Å². The summed E-state index contributed by atoms with van der Waals surface area (Å²) in [6.45, 7) is 0. The maximum atomic E-state index is 13.3. The highest BCUT2D eigenvalue weighted by atomic mass is 19.1. The van der Waals surface area contributed by atoms with Gasteiger partial charge in [0.25, 0.3) is 0 Å². The zero-order valence-corrected chi connectivity index (χ0v) is 13.1. The highest BCUT2D eigenvalue weighted by Crippen LogP contribution is 2.23. The van der Waals surface area contributed by atoms with Crippen LogP contribution >= 0.6 is 0 Å². The largest absolute Gasteiger partial charge is 0.233 e. The Morgan fingerprint density at radius 1 is 0.917 bits per heavy atom. The highest BCUT2D eigenvalue weighted by molar-refractivity contribution is 5.76. The molecule has 4 aromatic rings. The molecule has 0 N–H and O–H groups in total. The van der Waals surface area contributed by atoms with Gasteiger partial charge in [-0.2, -0.15) is 5.10 Å². The Morgan fingerprint density at radius 3 is 2.62 bits per heavy atom. The van der Waals surface area contributed by atoms with E-state index < -0.39 is 0 Å². The van der Waals surface area contributed by atoms with Crippen molar-refractivity contribution < 1.29 is 4.39 Å². The second-order valence-corrected chi connectivity index (χ2v) is 5.74. The quantitative estimate of drug-likeness (QED) is 0.561. The van der Waals surface area contributed by atoms with E-state index in [4.69, 9.17) is 4.98 Å². The molecule has 0 radical (unpaired) electrons. The molecule has 4 heteroatoms. The minimum Gasteiger partial charge on any atom is -0.233 e. The third kappa shape index (κ3) is 2.91. The van der Waals surface area contributed by atoms with E-state index in [1.807, 2.05) is 42.7 Å². The van der Waals surface area contributed by atoms with Crippen LogP contribution in [0.4, 0.5) is 4.39 Å². The molecule has 0 spiro atoms. The van der Waals surface area contributed by atoms with Crippen molar-refractivity contribution in [2.75, 3.05) is 0 Å². The predicted molar refractivity (Wildman–Crippen MR) is 92.2 cm³/mol. The fraction of sp³-hybridized carbons (Fsp3) is 0.100. The Balaban J connectivity index is 1.63. The van der Waals surface area contributed by atoms with Crippen LogP contribution in [0.2, 0.25) is 0 Å². The van der Waals surface area contributed by atoms with E-state index in [0.29, 0.717) is 0 Å². The molecule has 3 nitrogen and oxygen atoms in total. The lowest BCUT2D eigenvalue weighted by atomic mass is 10.1. The Kier molecular flexibility index (Phi) is 3.79. The number of halogens is 1. The number of benzene rings is 2. The number of nitrogens with zero attached hydrogens (tertiary/aromatic N) is 3. The molecule has 4 rings (SSSR count). The molecule has 0 aliphatic rings. The first-order valence-corrected chi connectivity index (χ1v) is 7.93. The van der Waals surface area contributed by atoms with E-state index in [9.17, 15) is 4.39 Å². The van der Waals surface area contributed by atoms with Crippen LogP contribution in [0.1, 0.15) is 11.3 Å². The molecule has 0 aliphatic heterocycles. The molecule has 0 aliphatic carbocycles. The molecule has 0 unspecified atom stereocenters. The Bertz CT molecular complexity index is 977. The molecule has 0 amide bonds. The summed E-state index contributed by atoms with van der Waals surface area (Å²) in [7, 11) is 0. The lowest BCUT2D eigenvalue weighted by Crippen LogP contribution is -1.98. The van der Waals surface area contributed by atoms with Crippen molar-refractivity contribution in [2.24, 2.45) is 0 Å². The maximum absolute atomic E-state index is 13.3. The number of aromatic nitrogens is 3. The van der Waals surface area contributed by atoms with E-state index in [1.165, 1.54) is 6.07 Å². The summed E-state index contributed by atoms with van der Waals surface area (Å²) in [4.78, 5) is 4.76. The van der Waals surface area contributed by atoms with Crippen LogP contribution in [-0.4, -0.2) is 14.6 Å². The van der Waals surface area contributed by atoms with Gasteiger partial charge in [0.1, 0.15) is 5.82 Å². The summed E-state index contributed by atoms with van der Waals surface area (Å²) in [6.07, 6.45) is 5.29. The Hall–Kier alpha value is -3.01. The van der Waals surface area contributed by atoms with Crippen molar-refractivity contribution in [3.63, 3.8) is 0 Å². The number of rotatable bonds is 4. The summed E-state index contributed by atoms with van der Waals surface area (Å²) in [5.74, 6) is -0.196. The SMILES string of the molecule is Fc1cccc(CCc2ccn3ncc(-c4ccccc4)c3n2)c1. The van der Waals surface area contributed by atoms with Gasteiger partial charge in [0, 0.05) is 17.5 Å². The molecule has 0 fully saturated rings. The van der Waals surface area contributed by atoms with Gasteiger partial charge < -0.3 is 0 Å². The molecule has 0 saturated carbocycles. The molecular formula is C20H16FN3. The van der Waals surface area contributed by atoms with Gasteiger partial charge in [0.15, 0.2) is 5.65 Å². The lowest BCUT2D eigenvalue weighted by Gasteiger charge is -2.04. The summed E-state index contributed by atoms with van der Waals surface area (Å²) in [6, 6.07) is 18.8. The van der Waals surface area contributed by atoms with Gasteiger partial charge in [0.05, 0.1) is 6.20 Å². The molecule has 0 atom stereocenters. The highest BCUT2D eigenvalue weighted by Gasteiger charge is 2.08. The van der Waals surface area contributed by atoms with E-state index in [-0.39, 0.29) is 5.82 Å². The van der Waals surface area contributed by atoms with Crippen LogP contribution in [0.15, 0.2) is 73.1 Å². The normalized spacial score (nSPS) is 11.0. The van der Waals surface area contributed by atoms with Crippen molar-refractivity contribution in [3.8, 4) is 11.1 Å². The lowest BCUT2D eigenvalue weighted by molar-refractivity contribution is 0.625. The van der Waals surface area contributed by atoms with Crippen LogP contribution in [0.3, 0.4) is 0 Å². The first kappa shape index (κ1) is 14.6. The van der Waals surface area contributed by atoms with E-state index in [0.717, 1.165) is 40.9 Å². The fourth-order valence-electron chi connectivity index (χ4n) is 2.83. The topological polar surface area (TPSA) is 30.2 Å². The van der Waals surface area contributed by atoms with Crippen LogP contribution in [0, 0.1) is 5.82 Å². The minimum absolute atomic E-state index is 0.196. The third-order valence-corrected chi connectivity index (χ3v) is 4.07. The Labute approximate surface area is 139 Å². The first-order chi connectivity index (χ1) is 11.8. The standard InChI is InChI=1S/C20H16FN3/c21-17-8-4-5-15(13-17)9-10-18-11-12-24-20(23-18)19(14-22-24)16-6-2-1-3-7-16/h1-8,11-14H,9-10H2. The average molecular weight is 317 g/mol. The maximum Gasteiger partial charge on any atom is 0.163 e. The van der Waals surface area contributed by atoms with E-state index in [1.54, 1.807) is 16.6 Å². The monoisotopic (exact) mass is 317 g/mol. The molecule has 118 valence electrons. The molecule has 0 saturated heterocycles. The number of hydrogen-bond donors (Lipinski definition) is 0. The molecule has 2 heterocycles. The van der Waals surface area contributed by atoms with Crippen molar-refractivity contribution in [1.82, 2.24) is 14.6 Å². The second-order valence-electron chi connectivity index (χ2n) is 5.74. The van der Waals surface area contributed by atoms with Gasteiger partial charge in [-0.05, 0) is 42.2 Å². The molecule has 0 bridgehead atoms. The summed E-state index contributed by atoms with van der Waals surface area (Å²) in [5, 5.41) is 4.37. The van der Waals surface area contributed by atoms with Gasteiger partial charge in [-0.15, -0.1) is 0 Å². The van der Waals surface area contributed by atoms with Crippen LogP contribution < -0.4 is 0 Å². The molecule has 2 aromatic carbocycles. The molecule has 24 heavy (non-hydrogen) atoms. The van der Waals surface area contributed by atoms with Gasteiger partial charge in [-0.1, -0.05) is 42.5 Å². The van der Waals surface area contributed by atoms with Crippen LogP contribution in [-0.2, 0) is 12.8 Å². The average Bonchev–Trinajstić information content (AvgIpc) is 3.04. The van der Waals surface area contributed by atoms with Crippen molar-refractivity contribution in [2.45, 2.75) is 12.8 Å². The van der Waals surface area contributed by atoms with Gasteiger partial charge in [-0.25, -0.2) is 13.9 Å². The van der Waals surface area contributed by atoms with Crippen molar-refractivity contribution in [1.29, 1.82) is 0 Å². The number of aryl methyl sites for hydroxylation is 2. The van der Waals surface area contributed by atoms with Crippen LogP contribution in [0.5, 0.6) is 0 Å². The van der Waals surface area contributed by atoms with Crippen LogP contribution in [0.25, 0.3) is 16.8 Å². The van der Waals surface area contributed by atoms with E-state index >= 15 is 0 Å². The zero-order valence-electron chi connectivity index (χ0n) is 13.1. The fourth-order valence-corrected chi connectivity index (χ4v) is 2.83. The minimum atomic E-state index is -0.196. The predicted octanol–water partition coefficient (Wildman–Crippen LogP) is 4.32. The summed E-state index contributed by atoms with van der Waals surface area (Å²) in [5.41, 5.74) is 4.92. The number of hydrogen-bond acceptors (Lipinski definition) is 2. The third-order valence-electron chi connectivity index (χ3n) is 4.07. The molecule has 2 aromatic heterocycles. The summed E-state index contributed by atoms with van der Waals surface area (Å²) >= 11 is 0. The molecular weight excluding hydrogens is 301 g/mol. The Morgan fingerprint density at radius 2 is 1.79 bits per heavy atom. The number of fused-ring (bicyclic) bond motifs is 1. The van der Waals surface area contributed by atoms with Gasteiger partial charge in [0.2, 0.25) is 0 Å². The van der Waals surface area contributed by atoms with Gasteiger partial charge >= 0.3 is 0 Å². The van der Waals surface area contributed by atoms with E-state index in [2.05, 4.69) is 17.2 Å². The smallest absolute Gasteiger partial charge is 0.163 e. The zero-order chi connectivity index (χ0) is 16.4. The summed E-state index contributed by atoms with van der Waals surface area (Å²) < 4.78 is 15.1. The second kappa shape index (κ2) is 6.24. The van der Waals surface area contributed by atoms with Gasteiger partial charge in [-0.3, -0.25) is 0 Å². The first-order valence-electron chi connectivity index (χ1n) is 7.93. The van der Waals surface area contributed by atoms with Crippen molar-refractivity contribution in [3.05, 3.63) is 90.1 Å².